The van der Waals surface area contributed by atoms with Gasteiger partial charge in [0, 0.05) is 48.9 Å². The number of carbonyl (C=O) groups excluding carboxylic acids is 2. The molecule has 0 aliphatic carbocycles. The molecule has 0 bridgehead atoms. The molecule has 6 heteroatoms. The summed E-state index contributed by atoms with van der Waals surface area (Å²) in [6, 6.07) is 5.52. The van der Waals surface area contributed by atoms with E-state index in [0.717, 1.165) is 61.8 Å². The highest BCUT2D eigenvalue weighted by atomic mass is 32.2. The predicted molar refractivity (Wildman–Crippen MR) is 103 cm³/mol. The zero-order valence-corrected chi connectivity index (χ0v) is 15.9. The second-order valence-electron chi connectivity index (χ2n) is 7.03. The van der Waals surface area contributed by atoms with Gasteiger partial charge in [0.25, 0.3) is 5.91 Å². The van der Waals surface area contributed by atoms with E-state index in [2.05, 4.69) is 12.2 Å². The van der Waals surface area contributed by atoms with Crippen LogP contribution in [-0.2, 0) is 0 Å². The molecule has 2 saturated heterocycles. The van der Waals surface area contributed by atoms with Gasteiger partial charge in [-0.1, -0.05) is 6.92 Å². The maximum absolute atomic E-state index is 12.7. The van der Waals surface area contributed by atoms with Gasteiger partial charge >= 0.3 is 6.03 Å². The van der Waals surface area contributed by atoms with Crippen molar-refractivity contribution < 1.29 is 9.59 Å². The first kappa shape index (κ1) is 18.1. The van der Waals surface area contributed by atoms with Gasteiger partial charge in [-0.3, -0.25) is 4.79 Å². The fourth-order valence-corrected chi connectivity index (χ4v) is 4.20. The van der Waals surface area contributed by atoms with Crippen molar-refractivity contribution in [1.82, 2.24) is 9.80 Å². The van der Waals surface area contributed by atoms with Gasteiger partial charge in [0.15, 0.2) is 0 Å². The Morgan fingerprint density at radius 2 is 1.76 bits per heavy atom. The van der Waals surface area contributed by atoms with E-state index < -0.39 is 0 Å². The highest BCUT2D eigenvalue weighted by Crippen LogP contribution is 2.22. The molecule has 0 atom stereocenters. The topological polar surface area (TPSA) is 52.7 Å². The molecule has 0 saturated carbocycles. The van der Waals surface area contributed by atoms with E-state index in [4.69, 9.17) is 0 Å². The molecular formula is C19H27N3O2S. The molecule has 0 aromatic heterocycles. The molecule has 3 amide bonds. The summed E-state index contributed by atoms with van der Waals surface area (Å²) in [5.74, 6) is 2.79. The molecule has 2 fully saturated rings. The molecule has 5 nitrogen and oxygen atoms in total. The Hall–Kier alpha value is -1.69. The molecule has 1 aromatic carbocycles. The van der Waals surface area contributed by atoms with Crippen LogP contribution in [0.5, 0.6) is 0 Å². The average molecular weight is 362 g/mol. The maximum Gasteiger partial charge on any atom is 0.321 e. The number of hydrogen-bond donors (Lipinski definition) is 1. The van der Waals surface area contributed by atoms with Gasteiger partial charge in [0.1, 0.15) is 0 Å². The Morgan fingerprint density at radius 3 is 2.40 bits per heavy atom. The zero-order chi connectivity index (χ0) is 17.8. The van der Waals surface area contributed by atoms with Gasteiger partial charge < -0.3 is 15.1 Å². The minimum Gasteiger partial charge on any atom is -0.339 e. The van der Waals surface area contributed by atoms with Crippen molar-refractivity contribution in [3.63, 3.8) is 0 Å². The van der Waals surface area contributed by atoms with Crippen LogP contribution < -0.4 is 5.32 Å². The highest BCUT2D eigenvalue weighted by Gasteiger charge is 2.22. The summed E-state index contributed by atoms with van der Waals surface area (Å²) in [5.41, 5.74) is 2.42. The molecular weight excluding hydrogens is 334 g/mol. The standard InChI is InChI=1S/C19H27N3O2S/c1-14-5-7-21(8-6-14)18(23)16-3-4-17(15(2)13-16)20-19(24)22-9-11-25-12-10-22/h3-4,13-14H,5-12H2,1-2H3,(H,20,24). The lowest BCUT2D eigenvalue weighted by Gasteiger charge is -2.30. The average Bonchev–Trinajstić information content (AvgIpc) is 2.64. The number of rotatable bonds is 2. The van der Waals surface area contributed by atoms with E-state index in [9.17, 15) is 9.59 Å². The first-order valence-corrected chi connectivity index (χ1v) is 10.2. The minimum atomic E-state index is -0.0486. The lowest BCUT2D eigenvalue weighted by atomic mass is 9.98. The van der Waals surface area contributed by atoms with Crippen LogP contribution >= 0.6 is 11.8 Å². The van der Waals surface area contributed by atoms with Gasteiger partial charge in [-0.25, -0.2) is 4.79 Å². The Labute approximate surface area is 154 Å². The molecule has 2 heterocycles. The van der Waals surface area contributed by atoms with Crippen molar-refractivity contribution in [3.05, 3.63) is 29.3 Å². The summed E-state index contributed by atoms with van der Waals surface area (Å²) >= 11 is 1.88. The van der Waals surface area contributed by atoms with Crippen LogP contribution in [-0.4, -0.2) is 59.4 Å². The number of nitrogens with zero attached hydrogens (tertiary/aromatic N) is 2. The molecule has 0 radical (unpaired) electrons. The van der Waals surface area contributed by atoms with E-state index in [-0.39, 0.29) is 11.9 Å². The van der Waals surface area contributed by atoms with E-state index in [0.29, 0.717) is 11.5 Å². The summed E-state index contributed by atoms with van der Waals surface area (Å²) in [7, 11) is 0. The van der Waals surface area contributed by atoms with Crippen LogP contribution in [0.4, 0.5) is 10.5 Å². The third kappa shape index (κ3) is 4.48. The molecule has 2 aliphatic rings. The van der Waals surface area contributed by atoms with E-state index in [1.54, 1.807) is 0 Å². The SMILES string of the molecule is Cc1cc(C(=O)N2CCC(C)CC2)ccc1NC(=O)N1CCSCC1. The van der Waals surface area contributed by atoms with Crippen LogP contribution in [0, 0.1) is 12.8 Å². The van der Waals surface area contributed by atoms with Crippen LogP contribution in [0.15, 0.2) is 18.2 Å². The van der Waals surface area contributed by atoms with Crippen LogP contribution in [0.3, 0.4) is 0 Å². The molecule has 1 aromatic rings. The van der Waals surface area contributed by atoms with Gasteiger partial charge in [0.05, 0.1) is 0 Å². The molecule has 2 aliphatic heterocycles. The van der Waals surface area contributed by atoms with E-state index >= 15 is 0 Å². The predicted octanol–water partition coefficient (Wildman–Crippen LogP) is 3.45. The summed E-state index contributed by atoms with van der Waals surface area (Å²) in [6.45, 7) is 7.44. The monoisotopic (exact) mass is 361 g/mol. The summed E-state index contributed by atoms with van der Waals surface area (Å²) in [5, 5.41) is 2.98. The Bertz CT molecular complexity index is 636. The number of likely N-dealkylation sites (tertiary alicyclic amines) is 1. The van der Waals surface area contributed by atoms with Crippen molar-refractivity contribution in [3.8, 4) is 0 Å². The number of nitrogens with one attached hydrogen (secondary N) is 1. The van der Waals surface area contributed by atoms with Crippen molar-refractivity contribution >= 4 is 29.4 Å². The first-order chi connectivity index (χ1) is 12.0. The van der Waals surface area contributed by atoms with Crippen LogP contribution in [0.25, 0.3) is 0 Å². The number of anilines is 1. The summed E-state index contributed by atoms with van der Waals surface area (Å²) < 4.78 is 0. The van der Waals surface area contributed by atoms with Crippen molar-refractivity contribution in [2.75, 3.05) is 43.0 Å². The number of aryl methyl sites for hydroxylation is 1. The maximum atomic E-state index is 12.7. The molecule has 3 rings (SSSR count). The van der Waals surface area contributed by atoms with Crippen LogP contribution in [0.1, 0.15) is 35.7 Å². The Balaban J connectivity index is 1.64. The highest BCUT2D eigenvalue weighted by molar-refractivity contribution is 7.99. The fraction of sp³-hybridized carbons (Fsp3) is 0.579. The van der Waals surface area contributed by atoms with Crippen molar-refractivity contribution in [1.29, 1.82) is 0 Å². The third-order valence-electron chi connectivity index (χ3n) is 5.08. The fourth-order valence-electron chi connectivity index (χ4n) is 3.29. The Kier molecular flexibility index (Phi) is 5.89. The quantitative estimate of drug-likeness (QED) is 0.878. The number of carbonyl (C=O) groups is 2. The number of piperidine rings is 1. The molecule has 0 unspecified atom stereocenters. The van der Waals surface area contributed by atoms with Gasteiger partial charge in [-0.05, 0) is 49.4 Å². The zero-order valence-electron chi connectivity index (χ0n) is 15.1. The van der Waals surface area contributed by atoms with Crippen molar-refractivity contribution in [2.45, 2.75) is 26.7 Å². The number of urea groups is 1. The molecule has 0 spiro atoms. The molecule has 136 valence electrons. The number of hydrogen-bond acceptors (Lipinski definition) is 3. The Morgan fingerprint density at radius 1 is 1.08 bits per heavy atom. The molecule has 1 N–H and O–H groups in total. The lowest BCUT2D eigenvalue weighted by molar-refractivity contribution is 0.0697. The van der Waals surface area contributed by atoms with Crippen molar-refractivity contribution in [2.24, 2.45) is 5.92 Å². The van der Waals surface area contributed by atoms with Gasteiger partial charge in [-0.15, -0.1) is 0 Å². The number of amides is 3. The van der Waals surface area contributed by atoms with Gasteiger partial charge in [-0.2, -0.15) is 11.8 Å². The third-order valence-corrected chi connectivity index (χ3v) is 6.03. The van der Waals surface area contributed by atoms with E-state index in [1.165, 1.54) is 0 Å². The number of benzene rings is 1. The largest absolute Gasteiger partial charge is 0.339 e. The molecule has 25 heavy (non-hydrogen) atoms. The van der Waals surface area contributed by atoms with Gasteiger partial charge in [0.2, 0.25) is 0 Å². The second kappa shape index (κ2) is 8.13. The smallest absolute Gasteiger partial charge is 0.321 e. The van der Waals surface area contributed by atoms with Crippen LogP contribution in [0.2, 0.25) is 0 Å². The minimum absolute atomic E-state index is 0.0486. The summed E-state index contributed by atoms with van der Waals surface area (Å²) in [4.78, 5) is 28.8. The summed E-state index contributed by atoms with van der Waals surface area (Å²) in [6.07, 6.45) is 2.15. The normalized spacial score (nSPS) is 19.0. The first-order valence-electron chi connectivity index (χ1n) is 9.08. The lowest BCUT2D eigenvalue weighted by Crippen LogP contribution is -2.40. The van der Waals surface area contributed by atoms with E-state index in [1.807, 2.05) is 46.7 Å². The number of thioether (sulfide) groups is 1. The second-order valence-corrected chi connectivity index (χ2v) is 8.26.